The highest BCUT2D eigenvalue weighted by Crippen LogP contribution is 2.16. The third-order valence-electron chi connectivity index (χ3n) is 2.13. The summed E-state index contributed by atoms with van der Waals surface area (Å²) in [4.78, 5) is 11.2. The maximum atomic E-state index is 11.2. The molecule has 0 atom stereocenters. The first-order valence-corrected chi connectivity index (χ1v) is 5.34. The van der Waals surface area contributed by atoms with Gasteiger partial charge in [-0.15, -0.1) is 0 Å². The van der Waals surface area contributed by atoms with Crippen LogP contribution in [0.1, 0.15) is 31.1 Å². The van der Waals surface area contributed by atoms with Crippen molar-refractivity contribution in [1.29, 1.82) is 0 Å². The number of benzene rings is 1. The summed E-state index contributed by atoms with van der Waals surface area (Å²) in [7, 11) is 1.38. The van der Waals surface area contributed by atoms with Crippen molar-refractivity contribution in [3.8, 4) is 0 Å². The third kappa shape index (κ3) is 3.93. The molecule has 1 N–H and O–H groups in total. The second-order valence-corrected chi connectivity index (χ2v) is 4.98. The molecule has 0 spiro atoms. The normalized spacial score (nSPS) is 11.0. The van der Waals surface area contributed by atoms with Crippen LogP contribution in [-0.4, -0.2) is 19.6 Å². The van der Waals surface area contributed by atoms with Gasteiger partial charge in [0.2, 0.25) is 0 Å². The first-order chi connectivity index (χ1) is 7.42. The van der Waals surface area contributed by atoms with E-state index >= 15 is 0 Å². The summed E-state index contributed by atoms with van der Waals surface area (Å²) in [6, 6.07) is 7.30. The molecule has 0 aliphatic rings. The lowest BCUT2D eigenvalue weighted by Gasteiger charge is -2.19. The molecule has 0 radical (unpaired) electrons. The molecule has 0 saturated heterocycles. The highest BCUT2D eigenvalue weighted by atomic mass is 16.5. The largest absolute Gasteiger partial charge is 0.465 e. The summed E-state index contributed by atoms with van der Waals surface area (Å²) < 4.78 is 4.63. The van der Waals surface area contributed by atoms with Gasteiger partial charge in [-0.3, -0.25) is 0 Å². The number of carbonyl (C=O) groups excluding carboxylic acids is 1. The Kier molecular flexibility index (Phi) is 3.93. The molecule has 3 nitrogen and oxygen atoms in total. The van der Waals surface area contributed by atoms with Gasteiger partial charge in [-0.05, 0) is 29.7 Å². The van der Waals surface area contributed by atoms with Crippen LogP contribution in [0.4, 0.5) is 5.69 Å². The van der Waals surface area contributed by atoms with E-state index < -0.39 is 0 Å². The maximum Gasteiger partial charge on any atom is 0.337 e. The van der Waals surface area contributed by atoms with Gasteiger partial charge in [0.15, 0.2) is 0 Å². The minimum Gasteiger partial charge on any atom is -0.465 e. The quantitative estimate of drug-likeness (QED) is 0.797. The van der Waals surface area contributed by atoms with E-state index in [0.717, 1.165) is 12.2 Å². The molecule has 1 aromatic rings. The zero-order valence-electron chi connectivity index (χ0n) is 10.3. The molecular formula is C13H19NO2. The van der Waals surface area contributed by atoms with Crippen LogP contribution in [0.5, 0.6) is 0 Å². The van der Waals surface area contributed by atoms with Crippen LogP contribution in [0.3, 0.4) is 0 Å². The Labute approximate surface area is 96.8 Å². The molecule has 16 heavy (non-hydrogen) atoms. The number of anilines is 1. The van der Waals surface area contributed by atoms with Crippen LogP contribution in [0, 0.1) is 5.41 Å². The summed E-state index contributed by atoms with van der Waals surface area (Å²) in [6.45, 7) is 7.40. The van der Waals surface area contributed by atoms with Crippen LogP contribution >= 0.6 is 0 Å². The van der Waals surface area contributed by atoms with Crippen LogP contribution in [0.15, 0.2) is 24.3 Å². The molecule has 0 aliphatic heterocycles. The molecule has 0 bridgehead atoms. The van der Waals surface area contributed by atoms with Crippen molar-refractivity contribution in [2.24, 2.45) is 5.41 Å². The molecule has 3 heteroatoms. The maximum absolute atomic E-state index is 11.2. The van der Waals surface area contributed by atoms with E-state index in [0.29, 0.717) is 5.56 Å². The number of rotatable bonds is 3. The van der Waals surface area contributed by atoms with Crippen molar-refractivity contribution in [2.75, 3.05) is 19.0 Å². The lowest BCUT2D eigenvalue weighted by atomic mass is 9.97. The zero-order chi connectivity index (χ0) is 12.2. The smallest absolute Gasteiger partial charge is 0.337 e. The predicted octanol–water partition coefficient (Wildman–Crippen LogP) is 2.93. The fourth-order valence-electron chi connectivity index (χ4n) is 1.21. The van der Waals surface area contributed by atoms with Crippen molar-refractivity contribution in [2.45, 2.75) is 20.8 Å². The number of carbonyl (C=O) groups is 1. The fraction of sp³-hybridized carbons (Fsp3) is 0.462. The van der Waals surface area contributed by atoms with Gasteiger partial charge >= 0.3 is 5.97 Å². The first-order valence-electron chi connectivity index (χ1n) is 5.34. The van der Waals surface area contributed by atoms with Crippen LogP contribution in [0.25, 0.3) is 0 Å². The second-order valence-electron chi connectivity index (χ2n) is 4.98. The van der Waals surface area contributed by atoms with Gasteiger partial charge < -0.3 is 10.1 Å². The minimum atomic E-state index is -0.303. The highest BCUT2D eigenvalue weighted by molar-refractivity contribution is 5.89. The van der Waals surface area contributed by atoms with E-state index in [-0.39, 0.29) is 11.4 Å². The van der Waals surface area contributed by atoms with E-state index in [1.165, 1.54) is 7.11 Å². The molecule has 1 aromatic carbocycles. The molecule has 0 amide bonds. The van der Waals surface area contributed by atoms with Crippen molar-refractivity contribution >= 4 is 11.7 Å². The Hall–Kier alpha value is -1.51. The lowest BCUT2D eigenvalue weighted by Crippen LogP contribution is -2.18. The van der Waals surface area contributed by atoms with E-state index in [1.54, 1.807) is 12.1 Å². The number of nitrogens with one attached hydrogen (secondary N) is 1. The molecule has 0 heterocycles. The van der Waals surface area contributed by atoms with Crippen LogP contribution < -0.4 is 5.32 Å². The molecule has 0 unspecified atom stereocenters. The van der Waals surface area contributed by atoms with Gasteiger partial charge in [-0.1, -0.05) is 20.8 Å². The van der Waals surface area contributed by atoms with Crippen molar-refractivity contribution in [3.05, 3.63) is 29.8 Å². The van der Waals surface area contributed by atoms with E-state index in [2.05, 4.69) is 30.8 Å². The van der Waals surface area contributed by atoms with Gasteiger partial charge in [0, 0.05) is 12.2 Å². The molecular weight excluding hydrogens is 202 g/mol. The Morgan fingerprint density at radius 1 is 1.25 bits per heavy atom. The molecule has 0 aliphatic carbocycles. The first kappa shape index (κ1) is 12.6. The molecule has 1 rings (SSSR count). The molecule has 0 fully saturated rings. The topological polar surface area (TPSA) is 38.3 Å². The summed E-state index contributed by atoms with van der Waals surface area (Å²) >= 11 is 0. The average molecular weight is 221 g/mol. The summed E-state index contributed by atoms with van der Waals surface area (Å²) in [5.74, 6) is -0.303. The van der Waals surface area contributed by atoms with Crippen molar-refractivity contribution < 1.29 is 9.53 Å². The summed E-state index contributed by atoms with van der Waals surface area (Å²) in [6.07, 6.45) is 0. The predicted molar refractivity (Wildman–Crippen MR) is 65.7 cm³/mol. The van der Waals surface area contributed by atoms with Crippen molar-refractivity contribution in [1.82, 2.24) is 0 Å². The third-order valence-corrected chi connectivity index (χ3v) is 2.13. The number of esters is 1. The van der Waals surface area contributed by atoms with Gasteiger partial charge in [0.1, 0.15) is 0 Å². The second kappa shape index (κ2) is 5.01. The molecule has 88 valence electrons. The number of hydrogen-bond acceptors (Lipinski definition) is 3. The SMILES string of the molecule is COC(=O)c1ccc(NCC(C)(C)C)cc1. The zero-order valence-corrected chi connectivity index (χ0v) is 10.3. The number of hydrogen-bond donors (Lipinski definition) is 1. The van der Waals surface area contributed by atoms with Gasteiger partial charge in [-0.25, -0.2) is 4.79 Å². The fourth-order valence-corrected chi connectivity index (χ4v) is 1.21. The number of methoxy groups -OCH3 is 1. The lowest BCUT2D eigenvalue weighted by molar-refractivity contribution is 0.0601. The minimum absolute atomic E-state index is 0.237. The monoisotopic (exact) mass is 221 g/mol. The molecule has 0 saturated carbocycles. The standard InChI is InChI=1S/C13H19NO2/c1-13(2,3)9-14-11-7-5-10(6-8-11)12(15)16-4/h5-8,14H,9H2,1-4H3. The Bertz CT molecular complexity index is 349. The highest BCUT2D eigenvalue weighted by Gasteiger charge is 2.09. The average Bonchev–Trinajstić information content (AvgIpc) is 2.25. The van der Waals surface area contributed by atoms with Gasteiger partial charge in [-0.2, -0.15) is 0 Å². The summed E-state index contributed by atoms with van der Waals surface area (Å²) in [5.41, 5.74) is 1.83. The summed E-state index contributed by atoms with van der Waals surface area (Å²) in [5, 5.41) is 3.32. The van der Waals surface area contributed by atoms with E-state index in [4.69, 9.17) is 0 Å². The van der Waals surface area contributed by atoms with Gasteiger partial charge in [0.05, 0.1) is 12.7 Å². The Morgan fingerprint density at radius 2 is 1.81 bits per heavy atom. The van der Waals surface area contributed by atoms with Crippen molar-refractivity contribution in [3.63, 3.8) is 0 Å². The van der Waals surface area contributed by atoms with E-state index in [1.807, 2.05) is 12.1 Å². The number of ether oxygens (including phenoxy) is 1. The van der Waals surface area contributed by atoms with Crippen LogP contribution in [-0.2, 0) is 4.74 Å². The van der Waals surface area contributed by atoms with E-state index in [9.17, 15) is 4.79 Å². The Balaban J connectivity index is 2.62. The van der Waals surface area contributed by atoms with Gasteiger partial charge in [0.25, 0.3) is 0 Å². The molecule has 0 aromatic heterocycles. The Morgan fingerprint density at radius 3 is 2.25 bits per heavy atom. The van der Waals surface area contributed by atoms with Crippen LogP contribution in [0.2, 0.25) is 0 Å².